The average Bonchev–Trinajstić information content (AvgIpc) is 2.25. The molecule has 0 aliphatic heterocycles. The van der Waals surface area contributed by atoms with E-state index in [0.29, 0.717) is 5.41 Å². The van der Waals surface area contributed by atoms with Crippen LogP contribution in [-0.4, -0.2) is 29.9 Å². The van der Waals surface area contributed by atoms with Crippen molar-refractivity contribution in [1.29, 1.82) is 10.5 Å². The summed E-state index contributed by atoms with van der Waals surface area (Å²) in [5.41, 5.74) is 0.393. The van der Waals surface area contributed by atoms with Crippen molar-refractivity contribution in [3.8, 4) is 9.94 Å². The van der Waals surface area contributed by atoms with Gasteiger partial charge in [-0.3, -0.25) is 0 Å². The molecule has 0 amide bonds. The van der Waals surface area contributed by atoms with Crippen molar-refractivity contribution in [2.75, 3.05) is 0 Å². The Morgan fingerprint density at radius 1 is 0.929 bits per heavy atom. The van der Waals surface area contributed by atoms with Crippen LogP contribution in [0.1, 0.15) is 32.1 Å². The monoisotopic (exact) mass is 322 g/mol. The van der Waals surface area contributed by atoms with Crippen molar-refractivity contribution in [3.63, 3.8) is 0 Å². The molecule has 0 aromatic rings. The van der Waals surface area contributed by atoms with Gasteiger partial charge >= 0.3 is 98.5 Å². The molecule has 0 radical (unpaired) electrons. The molecule has 1 aliphatic carbocycles. The van der Waals surface area contributed by atoms with E-state index >= 15 is 0 Å². The zero-order valence-corrected chi connectivity index (χ0v) is 11.6. The topological polar surface area (TPSA) is 47.6 Å². The van der Waals surface area contributed by atoms with E-state index in [0.717, 1.165) is 10.6 Å². The van der Waals surface area contributed by atoms with Crippen LogP contribution in [0, 0.1) is 25.9 Å². The molecule has 0 N–H and O–H groups in total. The molecule has 0 saturated heterocycles. The second kappa shape index (κ2) is 6.49. The molecule has 0 heterocycles. The summed E-state index contributed by atoms with van der Waals surface area (Å²) in [6, 6.07) is 0. The summed E-state index contributed by atoms with van der Waals surface area (Å²) in [4.78, 5) is 4.61. The van der Waals surface area contributed by atoms with Crippen LogP contribution in [0.3, 0.4) is 0 Å². The third-order valence-corrected chi connectivity index (χ3v) is 6.52. The van der Waals surface area contributed by atoms with E-state index in [1.807, 2.05) is 0 Å². The zero-order valence-electron chi connectivity index (χ0n) is 8.16. The van der Waals surface area contributed by atoms with E-state index in [2.05, 4.69) is 9.94 Å². The first-order chi connectivity index (χ1) is 6.83. The van der Waals surface area contributed by atoms with Crippen LogP contribution in [0.5, 0.6) is 0 Å². The molecule has 4 heteroatoms. The Hall–Kier alpha value is 0.0190. The Bertz CT molecular complexity index is 226. The summed E-state index contributed by atoms with van der Waals surface area (Å²) in [5, 5.41) is 19.5. The van der Waals surface area contributed by atoms with Crippen molar-refractivity contribution in [2.24, 2.45) is 5.41 Å². The molecule has 0 bridgehead atoms. The first-order valence-electron chi connectivity index (χ1n) is 4.85. The average molecular weight is 320 g/mol. The maximum absolute atomic E-state index is 8.65. The van der Waals surface area contributed by atoms with E-state index in [4.69, 9.17) is 10.5 Å². The van der Waals surface area contributed by atoms with Gasteiger partial charge in [-0.15, -0.1) is 0 Å². The van der Waals surface area contributed by atoms with E-state index in [1.165, 1.54) is 32.1 Å². The first kappa shape index (κ1) is 12.1. The van der Waals surface area contributed by atoms with Crippen molar-refractivity contribution >= 4 is 29.9 Å². The third-order valence-electron chi connectivity index (χ3n) is 2.80. The second-order valence-corrected chi connectivity index (χ2v) is 7.01. The van der Waals surface area contributed by atoms with Crippen LogP contribution in [0.25, 0.3) is 0 Å². The Labute approximate surface area is 98.4 Å². The van der Waals surface area contributed by atoms with Crippen molar-refractivity contribution in [1.82, 2.24) is 0 Å². The summed E-state index contributed by atoms with van der Waals surface area (Å²) in [6.07, 6.45) is 6.49. The molecule has 1 fully saturated rings. The number of rotatable bonds is 4. The number of nitriles is 2. The number of nitrogens with zero attached hydrogens (tertiary/aromatic N) is 2. The van der Waals surface area contributed by atoms with Gasteiger partial charge in [0.25, 0.3) is 0 Å². The predicted molar refractivity (Wildman–Crippen MR) is 57.9 cm³/mol. The van der Waals surface area contributed by atoms with E-state index in [1.54, 1.807) is 0 Å². The van der Waals surface area contributed by atoms with Crippen LogP contribution in [-0.2, 0) is 0 Å². The second-order valence-electron chi connectivity index (χ2n) is 3.82. The van der Waals surface area contributed by atoms with Crippen molar-refractivity contribution in [3.05, 3.63) is 0 Å². The fourth-order valence-electron chi connectivity index (χ4n) is 2.00. The van der Waals surface area contributed by atoms with Gasteiger partial charge in [-0.1, -0.05) is 0 Å². The summed E-state index contributed by atoms with van der Waals surface area (Å²) in [5.74, 6) is 0. The standard InChI is InChI=1S/C10H14N2Se2/c11-8-13-6-10(7-14-9-12)4-2-1-3-5-10/h1-7H2. The van der Waals surface area contributed by atoms with Gasteiger partial charge < -0.3 is 0 Å². The number of hydrogen-bond donors (Lipinski definition) is 0. The SMILES string of the molecule is N#C[Se]CC1(C[Se]C#N)CCCCC1. The zero-order chi connectivity index (χ0) is 10.3. The molecule has 0 atom stereocenters. The van der Waals surface area contributed by atoms with Gasteiger partial charge in [-0.05, 0) is 0 Å². The molecule has 0 aromatic heterocycles. The Balaban J connectivity index is 2.49. The minimum atomic E-state index is 0.142. The summed E-state index contributed by atoms with van der Waals surface area (Å²) >= 11 is 0.283. The Kier molecular flexibility index (Phi) is 5.61. The normalized spacial score (nSPS) is 19.6. The molecule has 0 unspecified atom stereocenters. The molecule has 1 saturated carbocycles. The fourth-order valence-corrected chi connectivity index (χ4v) is 5.85. The van der Waals surface area contributed by atoms with Gasteiger partial charge in [-0.25, -0.2) is 0 Å². The maximum atomic E-state index is 8.65. The van der Waals surface area contributed by atoms with Crippen molar-refractivity contribution in [2.45, 2.75) is 42.7 Å². The van der Waals surface area contributed by atoms with Gasteiger partial charge in [0.1, 0.15) is 0 Å². The molecule has 0 spiro atoms. The summed E-state index contributed by atoms with van der Waals surface area (Å²) in [6.45, 7) is 0. The quantitative estimate of drug-likeness (QED) is 0.745. The first-order valence-corrected chi connectivity index (χ1v) is 8.98. The van der Waals surface area contributed by atoms with Crippen LogP contribution in [0.4, 0.5) is 0 Å². The van der Waals surface area contributed by atoms with Gasteiger partial charge in [0.15, 0.2) is 0 Å². The van der Waals surface area contributed by atoms with Gasteiger partial charge in [0, 0.05) is 0 Å². The number of hydrogen-bond acceptors (Lipinski definition) is 2. The molecule has 76 valence electrons. The Morgan fingerprint density at radius 3 is 1.86 bits per heavy atom. The molecular formula is C10H14N2Se2. The molecule has 2 nitrogen and oxygen atoms in total. The summed E-state index contributed by atoms with van der Waals surface area (Å²) < 4.78 is 0. The van der Waals surface area contributed by atoms with Gasteiger partial charge in [0.05, 0.1) is 0 Å². The minimum absolute atomic E-state index is 0.142. The van der Waals surface area contributed by atoms with Gasteiger partial charge in [-0.2, -0.15) is 0 Å². The van der Waals surface area contributed by atoms with E-state index < -0.39 is 0 Å². The van der Waals surface area contributed by atoms with Crippen LogP contribution >= 0.6 is 0 Å². The van der Waals surface area contributed by atoms with Crippen LogP contribution < -0.4 is 0 Å². The van der Waals surface area contributed by atoms with Crippen LogP contribution in [0.15, 0.2) is 0 Å². The molecular weight excluding hydrogens is 306 g/mol. The fraction of sp³-hybridized carbons (Fsp3) is 0.800. The Morgan fingerprint density at radius 2 is 1.43 bits per heavy atom. The third kappa shape index (κ3) is 3.64. The van der Waals surface area contributed by atoms with Crippen molar-refractivity contribution < 1.29 is 0 Å². The van der Waals surface area contributed by atoms with E-state index in [9.17, 15) is 0 Å². The van der Waals surface area contributed by atoms with Gasteiger partial charge in [0.2, 0.25) is 0 Å². The summed E-state index contributed by atoms with van der Waals surface area (Å²) in [7, 11) is 0. The predicted octanol–water partition coefficient (Wildman–Crippen LogP) is 2.14. The molecule has 1 aliphatic rings. The molecule has 1 rings (SSSR count). The molecule has 0 aromatic carbocycles. The van der Waals surface area contributed by atoms with Crippen LogP contribution in [0.2, 0.25) is 10.6 Å². The van der Waals surface area contributed by atoms with E-state index in [-0.39, 0.29) is 29.9 Å². The molecule has 14 heavy (non-hydrogen) atoms.